The number of rotatable bonds is 7. The Morgan fingerprint density at radius 1 is 1.44 bits per heavy atom. The van der Waals surface area contributed by atoms with E-state index in [2.05, 4.69) is 40.0 Å². The Kier molecular flexibility index (Phi) is 4.98. The highest BCUT2D eigenvalue weighted by Gasteiger charge is 2.23. The van der Waals surface area contributed by atoms with E-state index in [4.69, 9.17) is 10.5 Å². The molecule has 1 aliphatic rings. The van der Waals surface area contributed by atoms with Gasteiger partial charge in [-0.3, -0.25) is 0 Å². The number of hydrogen-bond donors (Lipinski definition) is 2. The maximum atomic E-state index is 6.37. The van der Waals surface area contributed by atoms with Crippen LogP contribution in [0.2, 0.25) is 0 Å². The number of fused-ring (bicyclic) bond motifs is 1. The molecule has 0 aromatic carbocycles. The molecule has 0 saturated carbocycles. The summed E-state index contributed by atoms with van der Waals surface area (Å²) in [5, 5.41) is 14.2. The van der Waals surface area contributed by atoms with Crippen LogP contribution in [0, 0.1) is 12.8 Å². The van der Waals surface area contributed by atoms with Gasteiger partial charge in [0.25, 0.3) is 0 Å². The number of nitrogens with zero attached hydrogens (tertiary/aromatic N) is 2. The molecule has 5 nitrogen and oxygen atoms in total. The second kappa shape index (κ2) is 7.37. The molecular formula is C18H22N4OS2. The summed E-state index contributed by atoms with van der Waals surface area (Å²) in [6.07, 6.45) is 3.75. The summed E-state index contributed by atoms with van der Waals surface area (Å²) in [5.41, 5.74) is 9.63. The largest absolute Gasteiger partial charge is 0.381 e. The molecule has 0 radical (unpaired) electrons. The van der Waals surface area contributed by atoms with Crippen LogP contribution >= 0.6 is 22.7 Å². The van der Waals surface area contributed by atoms with E-state index in [1.54, 1.807) is 22.7 Å². The molecule has 132 valence electrons. The van der Waals surface area contributed by atoms with Crippen molar-refractivity contribution >= 4 is 38.6 Å². The van der Waals surface area contributed by atoms with Crippen molar-refractivity contribution in [3.63, 3.8) is 0 Å². The van der Waals surface area contributed by atoms with Crippen LogP contribution < -0.4 is 11.1 Å². The predicted molar refractivity (Wildman–Crippen MR) is 104 cm³/mol. The third kappa shape index (κ3) is 3.69. The molecule has 1 unspecified atom stereocenters. The minimum atomic E-state index is 0.177. The average molecular weight is 375 g/mol. The highest BCUT2D eigenvalue weighted by atomic mass is 32.1. The Hall–Kier alpha value is -1.54. The van der Waals surface area contributed by atoms with Crippen LogP contribution in [0.4, 0.5) is 5.69 Å². The summed E-state index contributed by atoms with van der Waals surface area (Å²) in [4.78, 5) is 2.63. The maximum Gasteiger partial charge on any atom is 0.109 e. The van der Waals surface area contributed by atoms with E-state index < -0.39 is 0 Å². The normalized spacial score (nSPS) is 16.1. The third-order valence-electron chi connectivity index (χ3n) is 4.63. The molecule has 1 fully saturated rings. The van der Waals surface area contributed by atoms with Crippen molar-refractivity contribution in [2.75, 3.05) is 18.5 Å². The van der Waals surface area contributed by atoms with Crippen LogP contribution in [0.1, 0.15) is 21.7 Å². The Morgan fingerprint density at radius 3 is 3.04 bits per heavy atom. The van der Waals surface area contributed by atoms with E-state index >= 15 is 0 Å². The number of aromatic nitrogens is 2. The molecule has 0 aliphatic carbocycles. The molecule has 1 saturated heterocycles. The molecule has 0 spiro atoms. The average Bonchev–Trinajstić information content (AvgIpc) is 3.19. The van der Waals surface area contributed by atoms with Crippen LogP contribution in [-0.2, 0) is 17.7 Å². The number of nitrogens with one attached hydrogen (secondary N) is 1. The van der Waals surface area contributed by atoms with E-state index in [1.165, 1.54) is 20.0 Å². The van der Waals surface area contributed by atoms with Crippen molar-refractivity contribution in [3.05, 3.63) is 39.0 Å². The van der Waals surface area contributed by atoms with E-state index in [0.717, 1.165) is 43.8 Å². The molecule has 7 heteroatoms. The zero-order valence-corrected chi connectivity index (χ0v) is 15.8. The van der Waals surface area contributed by atoms with Gasteiger partial charge in [-0.1, -0.05) is 6.07 Å². The monoisotopic (exact) mass is 374 g/mol. The van der Waals surface area contributed by atoms with Crippen LogP contribution in [0.5, 0.6) is 0 Å². The van der Waals surface area contributed by atoms with E-state index in [0.29, 0.717) is 5.92 Å². The van der Waals surface area contributed by atoms with Gasteiger partial charge in [-0.05, 0) is 36.8 Å². The summed E-state index contributed by atoms with van der Waals surface area (Å²) in [6, 6.07) is 4.39. The fourth-order valence-corrected chi connectivity index (χ4v) is 5.11. The van der Waals surface area contributed by atoms with Gasteiger partial charge in [0.15, 0.2) is 0 Å². The molecule has 1 atom stereocenters. The smallest absolute Gasteiger partial charge is 0.109 e. The summed E-state index contributed by atoms with van der Waals surface area (Å²) >= 11 is 3.55. The van der Waals surface area contributed by atoms with Crippen LogP contribution in [0.15, 0.2) is 23.7 Å². The first-order valence-electron chi connectivity index (χ1n) is 8.54. The minimum absolute atomic E-state index is 0.177. The molecule has 0 amide bonds. The van der Waals surface area contributed by atoms with Gasteiger partial charge in [-0.15, -0.1) is 27.8 Å². The highest BCUT2D eigenvalue weighted by Crippen LogP contribution is 2.35. The molecule has 3 aromatic rings. The Balaban J connectivity index is 1.52. The van der Waals surface area contributed by atoms with E-state index in [-0.39, 0.29) is 6.04 Å². The minimum Gasteiger partial charge on any atom is -0.381 e. The first-order chi connectivity index (χ1) is 12.2. The van der Waals surface area contributed by atoms with Crippen molar-refractivity contribution in [2.45, 2.75) is 32.4 Å². The fourth-order valence-electron chi connectivity index (χ4n) is 3.14. The maximum absolute atomic E-state index is 6.37. The lowest BCUT2D eigenvalue weighted by atomic mass is 9.96. The molecule has 4 heterocycles. The lowest BCUT2D eigenvalue weighted by Crippen LogP contribution is -2.35. The molecular weight excluding hydrogens is 352 g/mol. The standard InChI is InChI=1S/C18H22N4OS2/c1-11-16(6-13(19)5-12-9-23-10-12)25-18-15(8-21-22-17(11)18)20-7-14-3-2-4-24-14/h2-4,8,12-13H,5-7,9-10,19H2,1H3,(H,20,22). The number of ether oxygens (including phenoxy) is 1. The molecule has 3 N–H and O–H groups in total. The van der Waals surface area contributed by atoms with Gasteiger partial charge in [-0.2, -0.15) is 5.10 Å². The van der Waals surface area contributed by atoms with Crippen LogP contribution in [-0.4, -0.2) is 29.5 Å². The van der Waals surface area contributed by atoms with Crippen molar-refractivity contribution in [2.24, 2.45) is 11.7 Å². The number of nitrogens with two attached hydrogens (primary N) is 1. The number of anilines is 1. The number of thiophene rings is 2. The SMILES string of the molecule is Cc1c(CC(N)CC2COC2)sc2c(NCc3cccs3)cnnc12. The zero-order valence-electron chi connectivity index (χ0n) is 14.2. The third-order valence-corrected chi connectivity index (χ3v) is 6.84. The van der Waals surface area contributed by atoms with Crippen molar-refractivity contribution in [1.29, 1.82) is 0 Å². The van der Waals surface area contributed by atoms with Gasteiger partial charge >= 0.3 is 0 Å². The van der Waals surface area contributed by atoms with Crippen LogP contribution in [0.3, 0.4) is 0 Å². The number of hydrogen-bond acceptors (Lipinski definition) is 7. The summed E-state index contributed by atoms with van der Waals surface area (Å²) in [7, 11) is 0. The van der Waals surface area contributed by atoms with Gasteiger partial charge in [0.05, 0.1) is 29.8 Å². The first kappa shape index (κ1) is 16.9. The zero-order chi connectivity index (χ0) is 17.2. The lowest BCUT2D eigenvalue weighted by Gasteiger charge is -2.28. The van der Waals surface area contributed by atoms with Crippen LogP contribution in [0.25, 0.3) is 10.2 Å². The van der Waals surface area contributed by atoms with Gasteiger partial charge < -0.3 is 15.8 Å². The molecule has 4 rings (SSSR count). The van der Waals surface area contributed by atoms with Crippen molar-refractivity contribution < 1.29 is 4.74 Å². The van der Waals surface area contributed by atoms with E-state index in [9.17, 15) is 0 Å². The second-order valence-corrected chi connectivity index (χ2v) is 8.76. The molecule has 1 aliphatic heterocycles. The highest BCUT2D eigenvalue weighted by molar-refractivity contribution is 7.19. The molecule has 0 bridgehead atoms. The molecule has 3 aromatic heterocycles. The first-order valence-corrected chi connectivity index (χ1v) is 10.2. The van der Waals surface area contributed by atoms with Gasteiger partial charge in [-0.25, -0.2) is 0 Å². The van der Waals surface area contributed by atoms with Gasteiger partial charge in [0.1, 0.15) is 5.52 Å². The van der Waals surface area contributed by atoms with Gasteiger partial charge in [0.2, 0.25) is 0 Å². The Morgan fingerprint density at radius 2 is 2.32 bits per heavy atom. The Bertz CT molecular complexity index is 842. The van der Waals surface area contributed by atoms with Crippen molar-refractivity contribution in [1.82, 2.24) is 10.2 Å². The Labute approximate surface area is 155 Å². The summed E-state index contributed by atoms with van der Waals surface area (Å²) in [5.74, 6) is 0.632. The quantitative estimate of drug-likeness (QED) is 0.661. The van der Waals surface area contributed by atoms with Crippen molar-refractivity contribution in [3.8, 4) is 0 Å². The fraction of sp³-hybridized carbons (Fsp3) is 0.444. The number of aryl methyl sites for hydroxylation is 1. The van der Waals surface area contributed by atoms with E-state index in [1.807, 2.05) is 6.20 Å². The van der Waals surface area contributed by atoms with Gasteiger partial charge in [0, 0.05) is 28.3 Å². The lowest BCUT2D eigenvalue weighted by molar-refractivity contribution is -0.0381. The predicted octanol–water partition coefficient (Wildman–Crippen LogP) is 3.58. The molecule has 25 heavy (non-hydrogen) atoms. The summed E-state index contributed by atoms with van der Waals surface area (Å²) in [6.45, 7) is 4.67. The second-order valence-electron chi connectivity index (χ2n) is 6.62. The summed E-state index contributed by atoms with van der Waals surface area (Å²) < 4.78 is 6.43. The topological polar surface area (TPSA) is 73.1 Å².